The number of hydrogen-bond acceptors (Lipinski definition) is 4. The second kappa shape index (κ2) is 5.54. The molecular formula is C15H17NO4S. The van der Waals surface area contributed by atoms with Crippen LogP contribution in [0.15, 0.2) is 52.0 Å². The van der Waals surface area contributed by atoms with Gasteiger partial charge in [0.05, 0.1) is 18.3 Å². The minimum absolute atomic E-state index is 0.132. The Kier molecular flexibility index (Phi) is 3.73. The molecule has 1 atom stereocenters. The molecule has 112 valence electrons. The number of sulfonamides is 1. The molecule has 1 aliphatic rings. The van der Waals surface area contributed by atoms with Gasteiger partial charge in [-0.05, 0) is 42.8 Å². The van der Waals surface area contributed by atoms with E-state index in [0.717, 1.165) is 12.2 Å². The van der Waals surface area contributed by atoms with Gasteiger partial charge in [0.1, 0.15) is 11.5 Å². The van der Waals surface area contributed by atoms with Crippen LogP contribution >= 0.6 is 0 Å². The van der Waals surface area contributed by atoms with Crippen molar-refractivity contribution in [1.82, 2.24) is 4.31 Å². The van der Waals surface area contributed by atoms with Crippen LogP contribution in [0, 0.1) is 0 Å². The normalized spacial score (nSPS) is 19.8. The molecule has 2 aromatic rings. The highest BCUT2D eigenvalue weighted by molar-refractivity contribution is 7.89. The number of ether oxygens (including phenoxy) is 1. The van der Waals surface area contributed by atoms with Gasteiger partial charge in [0.25, 0.3) is 0 Å². The van der Waals surface area contributed by atoms with Crippen molar-refractivity contribution in [3.8, 4) is 5.75 Å². The van der Waals surface area contributed by atoms with Crippen molar-refractivity contribution in [2.45, 2.75) is 17.2 Å². The predicted octanol–water partition coefficient (Wildman–Crippen LogP) is 2.47. The lowest BCUT2D eigenvalue weighted by atomic mass is 10.1. The number of hydrogen-bond donors (Lipinski definition) is 0. The average Bonchev–Trinajstić information content (AvgIpc) is 3.18. The van der Waals surface area contributed by atoms with E-state index in [-0.39, 0.29) is 5.92 Å². The highest BCUT2D eigenvalue weighted by atomic mass is 32.2. The van der Waals surface area contributed by atoms with Crippen molar-refractivity contribution < 1.29 is 17.6 Å². The van der Waals surface area contributed by atoms with Crippen molar-refractivity contribution in [2.24, 2.45) is 0 Å². The van der Waals surface area contributed by atoms with E-state index >= 15 is 0 Å². The van der Waals surface area contributed by atoms with Gasteiger partial charge in [-0.2, -0.15) is 4.31 Å². The lowest BCUT2D eigenvalue weighted by Gasteiger charge is -2.16. The van der Waals surface area contributed by atoms with Crippen LogP contribution in [-0.2, 0) is 10.0 Å². The van der Waals surface area contributed by atoms with Gasteiger partial charge < -0.3 is 9.15 Å². The zero-order valence-corrected chi connectivity index (χ0v) is 12.5. The monoisotopic (exact) mass is 307 g/mol. The van der Waals surface area contributed by atoms with Gasteiger partial charge in [0.2, 0.25) is 10.0 Å². The summed E-state index contributed by atoms with van der Waals surface area (Å²) in [5.41, 5.74) is 0. The molecule has 0 radical (unpaired) electrons. The lowest BCUT2D eigenvalue weighted by Crippen LogP contribution is -2.28. The Morgan fingerprint density at radius 2 is 2.00 bits per heavy atom. The smallest absolute Gasteiger partial charge is 0.243 e. The number of benzene rings is 1. The standard InChI is InChI=1S/C15H17NO4S/c1-19-13-4-6-14(7-5-13)21(17,18)16-9-8-12(11-16)15-3-2-10-20-15/h2-7,10,12H,8-9,11H2,1H3. The number of nitrogens with zero attached hydrogens (tertiary/aromatic N) is 1. The van der Waals surface area contributed by atoms with Crippen molar-refractivity contribution in [3.05, 3.63) is 48.4 Å². The Balaban J connectivity index is 1.79. The van der Waals surface area contributed by atoms with Gasteiger partial charge in [-0.15, -0.1) is 0 Å². The maximum atomic E-state index is 12.6. The third-order valence-corrected chi connectivity index (χ3v) is 5.67. The average molecular weight is 307 g/mol. The van der Waals surface area contributed by atoms with Gasteiger partial charge in [0, 0.05) is 19.0 Å². The van der Waals surface area contributed by atoms with Crippen LogP contribution in [0.25, 0.3) is 0 Å². The molecule has 5 nitrogen and oxygen atoms in total. The fourth-order valence-electron chi connectivity index (χ4n) is 2.60. The van der Waals surface area contributed by atoms with Gasteiger partial charge in [-0.1, -0.05) is 0 Å². The third-order valence-electron chi connectivity index (χ3n) is 3.79. The molecular weight excluding hydrogens is 290 g/mol. The van der Waals surface area contributed by atoms with Gasteiger partial charge in [-0.3, -0.25) is 0 Å². The first kappa shape index (κ1) is 14.2. The first-order valence-corrected chi connectivity index (χ1v) is 8.23. The van der Waals surface area contributed by atoms with E-state index < -0.39 is 10.0 Å². The van der Waals surface area contributed by atoms with Gasteiger partial charge in [-0.25, -0.2) is 8.42 Å². The van der Waals surface area contributed by atoms with Crippen molar-refractivity contribution in [3.63, 3.8) is 0 Å². The molecule has 0 saturated carbocycles. The molecule has 6 heteroatoms. The molecule has 0 spiro atoms. The fraction of sp³-hybridized carbons (Fsp3) is 0.333. The molecule has 0 amide bonds. The van der Waals surface area contributed by atoms with E-state index in [4.69, 9.17) is 9.15 Å². The van der Waals surface area contributed by atoms with E-state index in [2.05, 4.69) is 0 Å². The molecule has 21 heavy (non-hydrogen) atoms. The Hall–Kier alpha value is -1.79. The molecule has 0 aliphatic carbocycles. The summed E-state index contributed by atoms with van der Waals surface area (Å²) >= 11 is 0. The number of methoxy groups -OCH3 is 1. The highest BCUT2D eigenvalue weighted by Crippen LogP contribution is 2.31. The Morgan fingerprint density at radius 3 is 2.62 bits per heavy atom. The fourth-order valence-corrected chi connectivity index (χ4v) is 4.10. The molecule has 0 bridgehead atoms. The van der Waals surface area contributed by atoms with Crippen LogP contribution < -0.4 is 4.74 Å². The third kappa shape index (κ3) is 2.69. The summed E-state index contributed by atoms with van der Waals surface area (Å²) in [4.78, 5) is 0.295. The summed E-state index contributed by atoms with van der Waals surface area (Å²) < 4.78 is 37.2. The number of rotatable bonds is 4. The zero-order valence-electron chi connectivity index (χ0n) is 11.7. The lowest BCUT2D eigenvalue weighted by molar-refractivity contribution is 0.414. The number of furan rings is 1. The van der Waals surface area contributed by atoms with Crippen LogP contribution in [0.2, 0.25) is 0 Å². The molecule has 1 aliphatic heterocycles. The minimum Gasteiger partial charge on any atom is -0.497 e. The molecule has 1 saturated heterocycles. The minimum atomic E-state index is -3.45. The van der Waals surface area contributed by atoms with Crippen LogP contribution in [0.5, 0.6) is 5.75 Å². The van der Waals surface area contributed by atoms with Crippen LogP contribution in [0.4, 0.5) is 0 Å². The Morgan fingerprint density at radius 1 is 1.24 bits per heavy atom. The van der Waals surface area contributed by atoms with Gasteiger partial charge in [0.15, 0.2) is 0 Å². The quantitative estimate of drug-likeness (QED) is 0.870. The SMILES string of the molecule is COc1ccc(S(=O)(=O)N2CCC(c3ccco3)C2)cc1. The summed E-state index contributed by atoms with van der Waals surface area (Å²) in [7, 11) is -1.90. The van der Waals surface area contributed by atoms with Gasteiger partial charge >= 0.3 is 0 Å². The molecule has 0 N–H and O–H groups in total. The van der Waals surface area contributed by atoms with Crippen molar-refractivity contribution >= 4 is 10.0 Å². The van der Waals surface area contributed by atoms with E-state index in [0.29, 0.717) is 23.7 Å². The summed E-state index contributed by atoms with van der Waals surface area (Å²) in [6.07, 6.45) is 2.40. The first-order valence-electron chi connectivity index (χ1n) is 6.79. The van der Waals surface area contributed by atoms with Crippen LogP contribution in [-0.4, -0.2) is 32.9 Å². The van der Waals surface area contributed by atoms with E-state index in [1.54, 1.807) is 37.6 Å². The van der Waals surface area contributed by atoms with Crippen molar-refractivity contribution in [1.29, 1.82) is 0 Å². The van der Waals surface area contributed by atoms with E-state index in [1.165, 1.54) is 4.31 Å². The Bertz CT molecular complexity index is 692. The summed E-state index contributed by atoms with van der Waals surface area (Å²) in [5.74, 6) is 1.62. The summed E-state index contributed by atoms with van der Waals surface area (Å²) in [6, 6.07) is 10.2. The molecule has 1 aromatic carbocycles. The summed E-state index contributed by atoms with van der Waals surface area (Å²) in [6.45, 7) is 0.974. The molecule has 2 heterocycles. The first-order chi connectivity index (χ1) is 10.1. The van der Waals surface area contributed by atoms with Crippen LogP contribution in [0.1, 0.15) is 18.1 Å². The zero-order chi connectivity index (χ0) is 14.9. The van der Waals surface area contributed by atoms with E-state index in [1.807, 2.05) is 12.1 Å². The largest absolute Gasteiger partial charge is 0.497 e. The molecule has 1 unspecified atom stereocenters. The Labute approximate surface area is 124 Å². The second-order valence-electron chi connectivity index (χ2n) is 5.04. The summed E-state index contributed by atoms with van der Waals surface area (Å²) in [5, 5.41) is 0. The maximum absolute atomic E-state index is 12.6. The molecule has 3 rings (SSSR count). The molecule has 1 fully saturated rings. The molecule has 1 aromatic heterocycles. The van der Waals surface area contributed by atoms with Crippen LogP contribution in [0.3, 0.4) is 0 Å². The van der Waals surface area contributed by atoms with E-state index in [9.17, 15) is 8.42 Å². The highest BCUT2D eigenvalue weighted by Gasteiger charge is 2.34. The second-order valence-corrected chi connectivity index (χ2v) is 6.98. The maximum Gasteiger partial charge on any atom is 0.243 e. The van der Waals surface area contributed by atoms with Crippen molar-refractivity contribution in [2.75, 3.05) is 20.2 Å². The topological polar surface area (TPSA) is 59.8 Å². The predicted molar refractivity (Wildman–Crippen MR) is 77.8 cm³/mol.